The van der Waals surface area contributed by atoms with Gasteiger partial charge in [-0.1, -0.05) is 120 Å². The van der Waals surface area contributed by atoms with Crippen LogP contribution in [-0.4, -0.2) is 59.3 Å². The van der Waals surface area contributed by atoms with E-state index in [9.17, 15) is 19.2 Å². The molecule has 0 fully saturated rings. The normalized spacial score (nSPS) is 13.2. The van der Waals surface area contributed by atoms with Crippen molar-refractivity contribution in [2.45, 2.75) is 167 Å². The minimum absolute atomic E-state index is 0.147. The number of carbonyl (C=O) groups is 4. The van der Waals surface area contributed by atoms with Crippen molar-refractivity contribution in [2.24, 2.45) is 0 Å². The summed E-state index contributed by atoms with van der Waals surface area (Å²) in [6, 6.07) is -1.40. The van der Waals surface area contributed by atoms with Crippen molar-refractivity contribution in [3.8, 4) is 0 Å². The highest BCUT2D eigenvalue weighted by atomic mass is 16.5. The van der Waals surface area contributed by atoms with Gasteiger partial charge in [0.1, 0.15) is 12.1 Å². The lowest BCUT2D eigenvalue weighted by atomic mass is 10.1. The number of amides is 2. The molecular formula is C42H70N2O7. The van der Waals surface area contributed by atoms with Gasteiger partial charge in [0.15, 0.2) is 0 Å². The number of ether oxygens (including phenoxy) is 1. The summed E-state index contributed by atoms with van der Waals surface area (Å²) < 4.78 is 5.87. The predicted octanol–water partition coefficient (Wildman–Crippen LogP) is 8.98. The number of unbranched alkanes of at least 4 members (excludes halogenated alkanes) is 12. The van der Waals surface area contributed by atoms with Crippen molar-refractivity contribution in [1.82, 2.24) is 10.6 Å². The lowest BCUT2D eigenvalue weighted by Crippen LogP contribution is -2.47. The number of aliphatic carboxylic acids is 1. The Kier molecular flexibility index (Phi) is 33.9. The first-order valence-electron chi connectivity index (χ1n) is 19.7. The van der Waals surface area contributed by atoms with Crippen LogP contribution in [0.4, 0.5) is 0 Å². The Bertz CT molecular complexity index is 1050. The second kappa shape index (κ2) is 36.3. The second-order valence-electron chi connectivity index (χ2n) is 13.0. The van der Waals surface area contributed by atoms with E-state index in [-0.39, 0.29) is 30.9 Å². The van der Waals surface area contributed by atoms with Gasteiger partial charge >= 0.3 is 11.9 Å². The molecule has 0 rings (SSSR count). The zero-order valence-corrected chi connectivity index (χ0v) is 31.8. The first-order valence-corrected chi connectivity index (χ1v) is 19.7. The molecule has 9 heteroatoms. The van der Waals surface area contributed by atoms with E-state index >= 15 is 0 Å². The molecule has 2 amide bonds. The molecule has 0 saturated heterocycles. The van der Waals surface area contributed by atoms with Crippen LogP contribution in [0.2, 0.25) is 0 Å². The smallest absolute Gasteiger partial charge is 0.328 e. The van der Waals surface area contributed by atoms with Crippen LogP contribution in [0.15, 0.2) is 60.8 Å². The van der Waals surface area contributed by atoms with Gasteiger partial charge in [-0.15, -0.1) is 0 Å². The van der Waals surface area contributed by atoms with Gasteiger partial charge in [0.05, 0.1) is 13.2 Å². The maximum absolute atomic E-state index is 12.7. The van der Waals surface area contributed by atoms with Crippen LogP contribution in [0.5, 0.6) is 0 Å². The molecule has 0 aliphatic carbocycles. The number of carboxylic acids is 1. The van der Waals surface area contributed by atoms with Gasteiger partial charge in [-0.05, 0) is 83.1 Å². The average molecular weight is 715 g/mol. The quantitative estimate of drug-likeness (QED) is 0.0296. The summed E-state index contributed by atoms with van der Waals surface area (Å²) >= 11 is 0. The first-order chi connectivity index (χ1) is 24.8. The molecule has 2 unspecified atom stereocenters. The van der Waals surface area contributed by atoms with Crippen LogP contribution in [-0.2, 0) is 23.9 Å². The maximum Gasteiger partial charge on any atom is 0.328 e. The molecule has 0 aromatic rings. The fourth-order valence-electron chi connectivity index (χ4n) is 5.21. The van der Waals surface area contributed by atoms with Gasteiger partial charge in [-0.2, -0.15) is 0 Å². The highest BCUT2D eigenvalue weighted by molar-refractivity contribution is 5.87. The summed E-state index contributed by atoms with van der Waals surface area (Å²) in [6.07, 6.45) is 42.6. The number of allylic oxidation sites excluding steroid dienone is 9. The first kappa shape index (κ1) is 47.5. The number of hydrogen-bond acceptors (Lipinski definition) is 6. The Labute approximate surface area is 309 Å². The zero-order valence-electron chi connectivity index (χ0n) is 31.8. The molecule has 0 aromatic heterocycles. The van der Waals surface area contributed by atoms with Crippen molar-refractivity contribution in [3.05, 3.63) is 60.8 Å². The number of carbonyl (C=O) groups excluding carboxylic acids is 3. The fraction of sp³-hybridized carbons (Fsp3) is 0.667. The standard InChI is InChI=1S/C42H70N2O7/c1-3-5-7-9-11-13-14-15-16-17-18-20-22-24-30-34-41(48)51-37(31-27-23-21-19-12-10-8-6-4-2)32-28-25-26-29-33-39(46)43-35-40(47)44-38(36-45)42(49)50/h5,7,11,13,15-16,19,21,27,31,37-38,45H,3-4,6,8-10,12,14,17-18,20,22-26,28-30,32-36H2,1-2H3,(H,43,46)(H,44,47)(H,49,50)/b7-5-,13-11-,16-15-,21-19-,31-27-. The molecule has 0 radical (unpaired) electrons. The Balaban J connectivity index is 4.41. The molecule has 0 heterocycles. The van der Waals surface area contributed by atoms with Crippen molar-refractivity contribution in [1.29, 1.82) is 0 Å². The Morgan fingerprint density at radius 3 is 1.80 bits per heavy atom. The predicted molar refractivity (Wildman–Crippen MR) is 208 cm³/mol. The summed E-state index contributed by atoms with van der Waals surface area (Å²) in [4.78, 5) is 47.4. The minimum atomic E-state index is -1.40. The van der Waals surface area contributed by atoms with E-state index in [1.807, 2.05) is 6.08 Å². The molecule has 0 bridgehead atoms. The van der Waals surface area contributed by atoms with Gasteiger partial charge in [-0.3, -0.25) is 14.4 Å². The van der Waals surface area contributed by atoms with E-state index in [4.69, 9.17) is 14.9 Å². The second-order valence-corrected chi connectivity index (χ2v) is 13.0. The Morgan fingerprint density at radius 1 is 0.627 bits per heavy atom. The van der Waals surface area contributed by atoms with Crippen LogP contribution in [0, 0.1) is 0 Å². The monoisotopic (exact) mass is 715 g/mol. The SMILES string of the molecule is CC/C=C\C/C=C\C/C=C\CCCCCCCC(=O)OC(/C=C\C/C=C\CCCCCC)CCCCCCC(=O)NCC(=O)NC(CO)C(=O)O. The molecule has 4 N–H and O–H groups in total. The van der Waals surface area contributed by atoms with Crippen LogP contribution in [0.3, 0.4) is 0 Å². The molecule has 2 atom stereocenters. The van der Waals surface area contributed by atoms with E-state index in [0.717, 1.165) is 83.5 Å². The van der Waals surface area contributed by atoms with Gasteiger partial charge in [0.25, 0.3) is 0 Å². The van der Waals surface area contributed by atoms with E-state index in [2.05, 4.69) is 79.2 Å². The number of aliphatic hydroxyl groups excluding tert-OH is 1. The third kappa shape index (κ3) is 33.4. The maximum atomic E-state index is 12.7. The van der Waals surface area contributed by atoms with Crippen molar-refractivity contribution >= 4 is 23.8 Å². The summed E-state index contributed by atoms with van der Waals surface area (Å²) in [6.45, 7) is 3.29. The Morgan fingerprint density at radius 2 is 1.18 bits per heavy atom. The van der Waals surface area contributed by atoms with Crippen molar-refractivity contribution < 1.29 is 34.1 Å². The van der Waals surface area contributed by atoms with E-state index in [1.54, 1.807) is 0 Å². The molecule has 9 nitrogen and oxygen atoms in total. The van der Waals surface area contributed by atoms with E-state index in [0.29, 0.717) is 12.8 Å². The number of nitrogens with one attached hydrogen (secondary N) is 2. The minimum Gasteiger partial charge on any atom is -0.480 e. The van der Waals surface area contributed by atoms with Crippen molar-refractivity contribution in [3.63, 3.8) is 0 Å². The van der Waals surface area contributed by atoms with Crippen LogP contribution in [0.1, 0.15) is 155 Å². The fourth-order valence-corrected chi connectivity index (χ4v) is 5.21. The number of hydrogen-bond donors (Lipinski definition) is 4. The highest BCUT2D eigenvalue weighted by Gasteiger charge is 2.18. The molecule has 0 spiro atoms. The molecule has 0 saturated carbocycles. The molecular weight excluding hydrogens is 644 g/mol. The summed E-state index contributed by atoms with van der Waals surface area (Å²) in [7, 11) is 0. The number of aliphatic hydroxyl groups is 1. The van der Waals surface area contributed by atoms with E-state index in [1.165, 1.54) is 38.5 Å². The van der Waals surface area contributed by atoms with Crippen molar-refractivity contribution in [2.75, 3.05) is 13.2 Å². The molecule has 51 heavy (non-hydrogen) atoms. The van der Waals surface area contributed by atoms with Gasteiger partial charge in [0, 0.05) is 12.8 Å². The molecule has 0 aliphatic rings. The van der Waals surface area contributed by atoms with Gasteiger partial charge in [-0.25, -0.2) is 4.79 Å². The van der Waals surface area contributed by atoms with Gasteiger partial charge in [0.2, 0.25) is 11.8 Å². The van der Waals surface area contributed by atoms with Crippen LogP contribution >= 0.6 is 0 Å². The summed E-state index contributed by atoms with van der Waals surface area (Å²) in [5.41, 5.74) is 0. The van der Waals surface area contributed by atoms with E-state index < -0.39 is 24.5 Å². The number of esters is 1. The lowest BCUT2D eigenvalue weighted by molar-refractivity contribution is -0.147. The third-order valence-corrected chi connectivity index (χ3v) is 8.23. The van der Waals surface area contributed by atoms with Gasteiger partial charge < -0.3 is 25.6 Å². The topological polar surface area (TPSA) is 142 Å². The van der Waals surface area contributed by atoms with Crippen LogP contribution < -0.4 is 10.6 Å². The Hall–Kier alpha value is -3.46. The molecule has 290 valence electrons. The third-order valence-electron chi connectivity index (χ3n) is 8.23. The molecule has 0 aromatic carbocycles. The molecule has 0 aliphatic heterocycles. The lowest BCUT2D eigenvalue weighted by Gasteiger charge is -2.15. The van der Waals surface area contributed by atoms with Crippen LogP contribution in [0.25, 0.3) is 0 Å². The highest BCUT2D eigenvalue weighted by Crippen LogP contribution is 2.14. The largest absolute Gasteiger partial charge is 0.480 e. The summed E-state index contributed by atoms with van der Waals surface area (Å²) in [5.74, 6) is -2.45. The number of carboxylic acid groups (broad SMARTS) is 1. The number of rotatable bonds is 34. The average Bonchev–Trinajstić information content (AvgIpc) is 3.11. The zero-order chi connectivity index (χ0) is 37.6. The summed E-state index contributed by atoms with van der Waals surface area (Å²) in [5, 5.41) is 22.5.